The summed E-state index contributed by atoms with van der Waals surface area (Å²) in [4.78, 5) is 19.0. The average molecular weight is 451 g/mol. The highest BCUT2D eigenvalue weighted by atomic mass is 35.5. The van der Waals surface area contributed by atoms with E-state index in [1.807, 2.05) is 53.9 Å². The smallest absolute Gasteiger partial charge is 0.263 e. The number of fused-ring (bicyclic) bond motifs is 2. The van der Waals surface area contributed by atoms with Gasteiger partial charge in [0.1, 0.15) is 10.7 Å². The fraction of sp³-hybridized carbons (Fsp3) is 0.167. The fourth-order valence-corrected chi connectivity index (χ4v) is 5.24. The van der Waals surface area contributed by atoms with E-state index in [4.69, 9.17) is 26.1 Å². The molecule has 0 spiro atoms. The van der Waals surface area contributed by atoms with Crippen molar-refractivity contribution in [2.75, 3.05) is 14.2 Å². The number of benzene rings is 2. The number of aromatic nitrogens is 2. The van der Waals surface area contributed by atoms with Crippen LogP contribution in [0, 0.1) is 0 Å². The molecular formula is C24H19ClN2O3S. The molecule has 2 aromatic heterocycles. The minimum atomic E-state index is 0.00819. The van der Waals surface area contributed by atoms with Crippen molar-refractivity contribution in [1.29, 1.82) is 0 Å². The van der Waals surface area contributed by atoms with Gasteiger partial charge < -0.3 is 9.47 Å². The SMILES string of the molecule is COc1cc(/C=C2\CCn3c2nc2scc(-c4ccccc4)c2c3=O)cc(Cl)c1OC. The van der Waals surface area contributed by atoms with Crippen molar-refractivity contribution < 1.29 is 9.47 Å². The normalized spacial score (nSPS) is 14.2. The van der Waals surface area contributed by atoms with Gasteiger partial charge >= 0.3 is 0 Å². The molecule has 0 radical (unpaired) electrons. The lowest BCUT2D eigenvalue weighted by Crippen LogP contribution is -2.20. The molecule has 5 rings (SSSR count). The van der Waals surface area contributed by atoms with Gasteiger partial charge in [0, 0.05) is 17.5 Å². The molecule has 31 heavy (non-hydrogen) atoms. The van der Waals surface area contributed by atoms with Gasteiger partial charge in [-0.2, -0.15) is 0 Å². The molecule has 2 aromatic carbocycles. The summed E-state index contributed by atoms with van der Waals surface area (Å²) < 4.78 is 12.5. The van der Waals surface area contributed by atoms with Crippen LogP contribution in [0.4, 0.5) is 0 Å². The Morgan fingerprint density at radius 3 is 2.71 bits per heavy atom. The quantitative estimate of drug-likeness (QED) is 0.398. The Labute approximate surface area is 188 Å². The van der Waals surface area contributed by atoms with Crippen molar-refractivity contribution in [3.8, 4) is 22.6 Å². The van der Waals surface area contributed by atoms with Gasteiger partial charge in [0.2, 0.25) is 0 Å². The van der Waals surface area contributed by atoms with Gasteiger partial charge in [0.25, 0.3) is 5.56 Å². The van der Waals surface area contributed by atoms with Crippen LogP contribution in [-0.4, -0.2) is 23.8 Å². The third kappa shape index (κ3) is 3.32. The van der Waals surface area contributed by atoms with Crippen LogP contribution in [0.1, 0.15) is 17.8 Å². The Morgan fingerprint density at radius 1 is 1.16 bits per heavy atom. The van der Waals surface area contributed by atoms with E-state index in [9.17, 15) is 4.79 Å². The summed E-state index contributed by atoms with van der Waals surface area (Å²) in [6.45, 7) is 0.605. The molecule has 0 fully saturated rings. The van der Waals surface area contributed by atoms with E-state index in [2.05, 4.69) is 0 Å². The molecule has 3 heterocycles. The molecule has 7 heteroatoms. The van der Waals surface area contributed by atoms with Crippen LogP contribution < -0.4 is 15.0 Å². The van der Waals surface area contributed by atoms with E-state index in [0.717, 1.165) is 33.5 Å². The van der Waals surface area contributed by atoms with Crippen LogP contribution in [0.3, 0.4) is 0 Å². The fourth-order valence-electron chi connectivity index (χ4n) is 4.01. The topological polar surface area (TPSA) is 53.4 Å². The lowest BCUT2D eigenvalue weighted by Gasteiger charge is -2.10. The van der Waals surface area contributed by atoms with E-state index >= 15 is 0 Å². The molecule has 0 saturated heterocycles. The molecule has 1 aliphatic heterocycles. The predicted octanol–water partition coefficient (Wildman–Crippen LogP) is 5.74. The largest absolute Gasteiger partial charge is 0.493 e. The maximum absolute atomic E-state index is 13.4. The summed E-state index contributed by atoms with van der Waals surface area (Å²) in [7, 11) is 3.14. The van der Waals surface area contributed by atoms with Crippen LogP contribution in [0.2, 0.25) is 5.02 Å². The maximum atomic E-state index is 13.4. The zero-order valence-corrected chi connectivity index (χ0v) is 18.6. The first-order valence-corrected chi connectivity index (χ1v) is 11.1. The van der Waals surface area contributed by atoms with Crippen molar-refractivity contribution >= 4 is 44.8 Å². The third-order valence-electron chi connectivity index (χ3n) is 5.47. The van der Waals surface area contributed by atoms with Crippen LogP contribution in [0.15, 0.2) is 52.6 Å². The second-order valence-corrected chi connectivity index (χ2v) is 8.51. The van der Waals surface area contributed by atoms with Gasteiger partial charge in [-0.1, -0.05) is 41.9 Å². The summed E-state index contributed by atoms with van der Waals surface area (Å²) >= 11 is 7.86. The highest BCUT2D eigenvalue weighted by Gasteiger charge is 2.23. The standard InChI is InChI=1S/C24H19ClN2O3S/c1-29-19-12-14(11-18(25)21(19)30-2)10-16-8-9-27-22(16)26-23-20(24(27)28)17(13-31-23)15-6-4-3-5-7-15/h3-7,10-13H,8-9H2,1-2H3/b16-10+. The molecule has 0 aliphatic carbocycles. The Balaban J connectivity index is 1.63. The maximum Gasteiger partial charge on any atom is 0.263 e. The van der Waals surface area contributed by atoms with E-state index in [0.29, 0.717) is 34.3 Å². The average Bonchev–Trinajstić information content (AvgIpc) is 3.39. The van der Waals surface area contributed by atoms with Gasteiger partial charge in [-0.25, -0.2) is 4.98 Å². The van der Waals surface area contributed by atoms with Crippen LogP contribution in [0.5, 0.6) is 11.5 Å². The van der Waals surface area contributed by atoms with E-state index in [1.54, 1.807) is 18.8 Å². The molecule has 0 bridgehead atoms. The lowest BCUT2D eigenvalue weighted by atomic mass is 10.1. The zero-order valence-electron chi connectivity index (χ0n) is 17.0. The van der Waals surface area contributed by atoms with Crippen molar-refractivity contribution in [3.05, 3.63) is 74.6 Å². The number of methoxy groups -OCH3 is 2. The number of halogens is 1. The number of hydrogen-bond acceptors (Lipinski definition) is 5. The van der Waals surface area contributed by atoms with E-state index in [-0.39, 0.29) is 5.56 Å². The number of nitrogens with zero attached hydrogens (tertiary/aromatic N) is 2. The molecule has 156 valence electrons. The summed E-state index contributed by atoms with van der Waals surface area (Å²) in [6, 6.07) is 13.7. The Kier molecular flexibility index (Phi) is 5.04. The van der Waals surface area contributed by atoms with Gasteiger partial charge in [0.05, 0.1) is 24.6 Å². The van der Waals surface area contributed by atoms with Gasteiger partial charge in [0.15, 0.2) is 11.5 Å². The molecule has 0 unspecified atom stereocenters. The van der Waals surface area contributed by atoms with Crippen molar-refractivity contribution in [1.82, 2.24) is 9.55 Å². The molecule has 0 amide bonds. The Hall–Kier alpha value is -3.09. The molecule has 0 saturated carbocycles. The second-order valence-electron chi connectivity index (χ2n) is 7.25. The number of hydrogen-bond donors (Lipinski definition) is 0. The monoisotopic (exact) mass is 450 g/mol. The zero-order chi connectivity index (χ0) is 21.5. The highest BCUT2D eigenvalue weighted by Crippen LogP contribution is 2.38. The molecule has 0 atom stereocenters. The Morgan fingerprint density at radius 2 is 1.97 bits per heavy atom. The molecule has 5 nitrogen and oxygen atoms in total. The number of allylic oxidation sites excluding steroid dienone is 1. The molecule has 1 aliphatic rings. The van der Waals surface area contributed by atoms with Gasteiger partial charge in [-0.15, -0.1) is 11.3 Å². The second kappa shape index (κ2) is 7.87. The summed E-state index contributed by atoms with van der Waals surface area (Å²) in [5.74, 6) is 1.78. The minimum Gasteiger partial charge on any atom is -0.493 e. The van der Waals surface area contributed by atoms with Crippen molar-refractivity contribution in [2.45, 2.75) is 13.0 Å². The lowest BCUT2D eigenvalue weighted by molar-refractivity contribution is 0.355. The first kappa shape index (κ1) is 19.8. The van der Waals surface area contributed by atoms with E-state index < -0.39 is 0 Å². The van der Waals surface area contributed by atoms with Crippen LogP contribution in [-0.2, 0) is 6.54 Å². The first-order valence-electron chi connectivity index (χ1n) is 9.80. The van der Waals surface area contributed by atoms with Crippen LogP contribution in [0.25, 0.3) is 33.0 Å². The third-order valence-corrected chi connectivity index (χ3v) is 6.62. The summed E-state index contributed by atoms with van der Waals surface area (Å²) in [6.07, 6.45) is 2.74. The number of ether oxygens (including phenoxy) is 2. The van der Waals surface area contributed by atoms with Crippen molar-refractivity contribution in [3.63, 3.8) is 0 Å². The van der Waals surface area contributed by atoms with Gasteiger partial charge in [-0.3, -0.25) is 9.36 Å². The highest BCUT2D eigenvalue weighted by molar-refractivity contribution is 7.17. The predicted molar refractivity (Wildman–Crippen MR) is 126 cm³/mol. The molecule has 0 N–H and O–H groups in total. The van der Waals surface area contributed by atoms with Crippen molar-refractivity contribution in [2.24, 2.45) is 0 Å². The first-order chi connectivity index (χ1) is 15.1. The van der Waals surface area contributed by atoms with E-state index in [1.165, 1.54) is 11.3 Å². The van der Waals surface area contributed by atoms with Crippen LogP contribution >= 0.6 is 22.9 Å². The minimum absolute atomic E-state index is 0.00819. The molecular weight excluding hydrogens is 432 g/mol. The number of rotatable bonds is 4. The summed E-state index contributed by atoms with van der Waals surface area (Å²) in [5.41, 5.74) is 3.85. The number of thiophene rings is 1. The summed E-state index contributed by atoms with van der Waals surface area (Å²) in [5, 5.41) is 3.18. The van der Waals surface area contributed by atoms with Gasteiger partial charge in [-0.05, 0) is 41.3 Å². The Bertz CT molecular complexity index is 1390. The molecule has 4 aromatic rings.